The van der Waals surface area contributed by atoms with Gasteiger partial charge in [-0.15, -0.1) is 0 Å². The van der Waals surface area contributed by atoms with Crippen LogP contribution in [0, 0.1) is 11.8 Å². The summed E-state index contributed by atoms with van der Waals surface area (Å²) in [5.74, 6) is 2.04. The van der Waals surface area contributed by atoms with Gasteiger partial charge >= 0.3 is 5.97 Å². The minimum Gasteiger partial charge on any atom is -0.469 e. The number of ether oxygens (including phenoxy) is 1. The Kier molecular flexibility index (Phi) is 2.60. The van der Waals surface area contributed by atoms with Crippen molar-refractivity contribution in [3.63, 3.8) is 0 Å². The van der Waals surface area contributed by atoms with Crippen molar-refractivity contribution in [2.75, 3.05) is 12.9 Å². The van der Waals surface area contributed by atoms with Gasteiger partial charge in [-0.25, -0.2) is 0 Å². The third-order valence-corrected chi connectivity index (χ3v) is 2.43. The van der Waals surface area contributed by atoms with E-state index in [1.165, 1.54) is 7.11 Å². The van der Waals surface area contributed by atoms with E-state index in [0.717, 1.165) is 12.2 Å². The molecule has 1 rings (SSSR count). The molecule has 0 aliphatic heterocycles. The Bertz CT molecular complexity index is 136. The van der Waals surface area contributed by atoms with E-state index in [2.05, 4.69) is 17.4 Å². The molecule has 2 nitrogen and oxygen atoms in total. The summed E-state index contributed by atoms with van der Waals surface area (Å²) in [7, 11) is 1.43. The third kappa shape index (κ3) is 1.90. The average molecular weight is 160 g/mol. The monoisotopic (exact) mass is 160 g/mol. The lowest BCUT2D eigenvalue weighted by Crippen LogP contribution is -2.01. The lowest BCUT2D eigenvalue weighted by molar-refractivity contribution is -0.141. The fourth-order valence-electron chi connectivity index (χ4n) is 1.08. The van der Waals surface area contributed by atoms with Crippen molar-refractivity contribution in [2.45, 2.75) is 12.8 Å². The number of carbonyl (C=O) groups is 1. The van der Waals surface area contributed by atoms with Gasteiger partial charge in [0.2, 0.25) is 0 Å². The van der Waals surface area contributed by atoms with Gasteiger partial charge in [0.1, 0.15) is 0 Å². The van der Waals surface area contributed by atoms with Crippen LogP contribution in [0.15, 0.2) is 0 Å². The van der Waals surface area contributed by atoms with Crippen LogP contribution < -0.4 is 0 Å². The summed E-state index contributed by atoms with van der Waals surface area (Å²) in [5, 5.41) is 0. The van der Waals surface area contributed by atoms with Gasteiger partial charge in [0, 0.05) is 6.42 Å². The number of hydrogen-bond donors (Lipinski definition) is 1. The Hall–Kier alpha value is -0.180. The SMILES string of the molecule is COC(=O)CC1CC1CS. The van der Waals surface area contributed by atoms with Crippen molar-refractivity contribution in [3.05, 3.63) is 0 Å². The summed E-state index contributed by atoms with van der Waals surface area (Å²) >= 11 is 4.14. The highest BCUT2D eigenvalue weighted by atomic mass is 32.1. The van der Waals surface area contributed by atoms with E-state index >= 15 is 0 Å². The van der Waals surface area contributed by atoms with Crippen LogP contribution in [0.3, 0.4) is 0 Å². The van der Waals surface area contributed by atoms with Gasteiger partial charge < -0.3 is 4.74 Å². The van der Waals surface area contributed by atoms with Crippen LogP contribution >= 0.6 is 12.6 Å². The summed E-state index contributed by atoms with van der Waals surface area (Å²) in [6, 6.07) is 0. The molecule has 1 saturated carbocycles. The van der Waals surface area contributed by atoms with Crippen LogP contribution in [0.5, 0.6) is 0 Å². The van der Waals surface area contributed by atoms with Gasteiger partial charge in [-0.3, -0.25) is 4.79 Å². The zero-order valence-corrected chi connectivity index (χ0v) is 6.93. The summed E-state index contributed by atoms with van der Waals surface area (Å²) in [4.78, 5) is 10.7. The van der Waals surface area contributed by atoms with E-state index in [0.29, 0.717) is 18.3 Å². The number of thiol groups is 1. The highest BCUT2D eigenvalue weighted by Gasteiger charge is 2.37. The number of esters is 1. The maximum absolute atomic E-state index is 10.7. The molecule has 2 unspecified atom stereocenters. The van der Waals surface area contributed by atoms with Crippen molar-refractivity contribution in [2.24, 2.45) is 11.8 Å². The van der Waals surface area contributed by atoms with Gasteiger partial charge in [-0.05, 0) is 24.0 Å². The van der Waals surface area contributed by atoms with Crippen LogP contribution in [-0.2, 0) is 9.53 Å². The van der Waals surface area contributed by atoms with Crippen molar-refractivity contribution >= 4 is 18.6 Å². The first-order chi connectivity index (χ1) is 4.77. The van der Waals surface area contributed by atoms with E-state index in [1.54, 1.807) is 0 Å². The quantitative estimate of drug-likeness (QED) is 0.494. The van der Waals surface area contributed by atoms with Gasteiger partial charge in [0.15, 0.2) is 0 Å². The summed E-state index contributed by atoms with van der Waals surface area (Å²) < 4.78 is 4.53. The molecule has 2 atom stereocenters. The van der Waals surface area contributed by atoms with Gasteiger partial charge in [0.25, 0.3) is 0 Å². The Morgan fingerprint density at radius 3 is 2.80 bits per heavy atom. The van der Waals surface area contributed by atoms with Crippen molar-refractivity contribution < 1.29 is 9.53 Å². The van der Waals surface area contributed by atoms with Crippen molar-refractivity contribution in [3.8, 4) is 0 Å². The molecule has 1 aliphatic carbocycles. The van der Waals surface area contributed by atoms with Crippen LogP contribution in [0.2, 0.25) is 0 Å². The lowest BCUT2D eigenvalue weighted by atomic mass is 10.2. The standard InChI is InChI=1S/C7H12O2S/c1-9-7(8)3-5-2-6(5)4-10/h5-6,10H,2-4H2,1H3. The number of methoxy groups -OCH3 is 1. The van der Waals surface area contributed by atoms with E-state index < -0.39 is 0 Å². The van der Waals surface area contributed by atoms with Crippen LogP contribution in [0.1, 0.15) is 12.8 Å². The predicted octanol–water partition coefficient (Wildman–Crippen LogP) is 1.12. The molecule has 0 amide bonds. The zero-order valence-electron chi connectivity index (χ0n) is 6.04. The smallest absolute Gasteiger partial charge is 0.305 e. The molecule has 1 aliphatic rings. The van der Waals surface area contributed by atoms with E-state index in [4.69, 9.17) is 0 Å². The molecule has 0 radical (unpaired) electrons. The van der Waals surface area contributed by atoms with Crippen LogP contribution in [0.25, 0.3) is 0 Å². The van der Waals surface area contributed by atoms with E-state index in [-0.39, 0.29) is 5.97 Å². The summed E-state index contributed by atoms with van der Waals surface area (Å²) in [5.41, 5.74) is 0. The first-order valence-corrected chi connectivity index (χ1v) is 4.09. The second kappa shape index (κ2) is 3.28. The minimum absolute atomic E-state index is 0.0886. The molecule has 0 N–H and O–H groups in total. The molecule has 0 aromatic rings. The maximum atomic E-state index is 10.7. The number of carbonyl (C=O) groups excluding carboxylic acids is 1. The average Bonchev–Trinajstić information content (AvgIpc) is 2.67. The number of hydrogen-bond acceptors (Lipinski definition) is 3. The molecule has 58 valence electrons. The molecular weight excluding hydrogens is 148 g/mol. The molecule has 0 bridgehead atoms. The molecule has 0 heterocycles. The topological polar surface area (TPSA) is 26.3 Å². The maximum Gasteiger partial charge on any atom is 0.305 e. The van der Waals surface area contributed by atoms with Crippen LogP contribution in [0.4, 0.5) is 0 Å². The largest absolute Gasteiger partial charge is 0.469 e. The van der Waals surface area contributed by atoms with Crippen molar-refractivity contribution in [1.29, 1.82) is 0 Å². The summed E-state index contributed by atoms with van der Waals surface area (Å²) in [6.45, 7) is 0. The van der Waals surface area contributed by atoms with Crippen LogP contribution in [-0.4, -0.2) is 18.8 Å². The molecule has 10 heavy (non-hydrogen) atoms. The highest BCUT2D eigenvalue weighted by molar-refractivity contribution is 7.80. The molecule has 1 fully saturated rings. The fourth-order valence-corrected chi connectivity index (χ4v) is 1.53. The van der Waals surface area contributed by atoms with E-state index in [1.807, 2.05) is 0 Å². The zero-order chi connectivity index (χ0) is 7.56. The predicted molar refractivity (Wildman–Crippen MR) is 42.1 cm³/mol. The Morgan fingerprint density at radius 1 is 1.70 bits per heavy atom. The van der Waals surface area contributed by atoms with Gasteiger partial charge in [0.05, 0.1) is 7.11 Å². The Morgan fingerprint density at radius 2 is 2.40 bits per heavy atom. The van der Waals surface area contributed by atoms with Gasteiger partial charge in [-0.2, -0.15) is 12.6 Å². The second-order valence-electron chi connectivity index (χ2n) is 2.72. The first kappa shape index (κ1) is 7.92. The normalized spacial score (nSPS) is 29.8. The first-order valence-electron chi connectivity index (χ1n) is 3.45. The third-order valence-electron chi connectivity index (χ3n) is 1.96. The molecule has 0 spiro atoms. The molecule has 0 aromatic heterocycles. The molecule has 3 heteroatoms. The fraction of sp³-hybridized carbons (Fsp3) is 0.857. The molecule has 0 aromatic carbocycles. The highest BCUT2D eigenvalue weighted by Crippen LogP contribution is 2.41. The molecular formula is C7H12O2S. The Labute approximate surface area is 66.4 Å². The lowest BCUT2D eigenvalue weighted by Gasteiger charge is -1.95. The van der Waals surface area contributed by atoms with E-state index in [9.17, 15) is 4.79 Å². The van der Waals surface area contributed by atoms with Crippen molar-refractivity contribution in [1.82, 2.24) is 0 Å². The minimum atomic E-state index is -0.0886. The second-order valence-corrected chi connectivity index (χ2v) is 3.08. The van der Waals surface area contributed by atoms with Gasteiger partial charge in [-0.1, -0.05) is 0 Å². The Balaban J connectivity index is 2.11. The molecule has 0 saturated heterocycles. The summed E-state index contributed by atoms with van der Waals surface area (Å²) in [6.07, 6.45) is 1.74. The number of rotatable bonds is 3.